The molecule has 0 saturated carbocycles. The van der Waals surface area contributed by atoms with Crippen LogP contribution in [0.4, 0.5) is 0 Å². The Hall–Kier alpha value is -1.66. The molecular formula is C19H25N3O2S. The van der Waals surface area contributed by atoms with Crippen molar-refractivity contribution in [1.82, 2.24) is 14.7 Å². The second-order valence-corrected chi connectivity index (χ2v) is 8.19. The van der Waals surface area contributed by atoms with Gasteiger partial charge >= 0.3 is 0 Å². The molecule has 2 aromatic heterocycles. The van der Waals surface area contributed by atoms with E-state index in [2.05, 4.69) is 11.2 Å². The van der Waals surface area contributed by atoms with E-state index < -0.39 is 6.10 Å². The first kappa shape index (κ1) is 16.8. The van der Waals surface area contributed by atoms with Gasteiger partial charge in [-0.2, -0.15) is 5.10 Å². The number of amides is 1. The minimum absolute atomic E-state index is 0.145. The minimum atomic E-state index is -0.521. The van der Waals surface area contributed by atoms with Crippen LogP contribution in [-0.4, -0.2) is 32.2 Å². The lowest BCUT2D eigenvalue weighted by Crippen LogP contribution is -2.30. The summed E-state index contributed by atoms with van der Waals surface area (Å²) in [4.78, 5) is 17.3. The highest BCUT2D eigenvalue weighted by Crippen LogP contribution is 2.31. The van der Waals surface area contributed by atoms with Crippen LogP contribution in [0, 0.1) is 0 Å². The first-order valence-electron chi connectivity index (χ1n) is 9.31. The van der Waals surface area contributed by atoms with Crippen molar-refractivity contribution in [3.05, 3.63) is 38.8 Å². The Morgan fingerprint density at radius 2 is 2.12 bits per heavy atom. The molecule has 1 N–H and O–H groups in total. The van der Waals surface area contributed by atoms with Crippen molar-refractivity contribution >= 4 is 17.2 Å². The highest BCUT2D eigenvalue weighted by atomic mass is 32.1. The molecule has 0 spiro atoms. The average molecular weight is 359 g/mol. The summed E-state index contributed by atoms with van der Waals surface area (Å²) >= 11 is 1.69. The van der Waals surface area contributed by atoms with Crippen molar-refractivity contribution in [3.63, 3.8) is 0 Å². The van der Waals surface area contributed by atoms with E-state index in [1.54, 1.807) is 11.3 Å². The lowest BCUT2D eigenvalue weighted by molar-refractivity contribution is 0.0750. The summed E-state index contributed by atoms with van der Waals surface area (Å²) in [6, 6.07) is 4.08. The van der Waals surface area contributed by atoms with Crippen molar-refractivity contribution in [2.45, 2.75) is 64.6 Å². The van der Waals surface area contributed by atoms with Crippen molar-refractivity contribution in [2.24, 2.45) is 0 Å². The van der Waals surface area contributed by atoms with E-state index >= 15 is 0 Å². The zero-order valence-electron chi connectivity index (χ0n) is 14.7. The number of fused-ring (bicyclic) bond motifs is 2. The Bertz CT molecular complexity index is 756. The van der Waals surface area contributed by atoms with Gasteiger partial charge in [-0.15, -0.1) is 11.3 Å². The zero-order valence-corrected chi connectivity index (χ0v) is 15.5. The second-order valence-electron chi connectivity index (χ2n) is 7.05. The monoisotopic (exact) mass is 359 g/mol. The summed E-state index contributed by atoms with van der Waals surface area (Å²) in [5.41, 5.74) is 3.13. The van der Waals surface area contributed by atoms with Crippen LogP contribution in [0.2, 0.25) is 0 Å². The third-order valence-electron chi connectivity index (χ3n) is 5.26. The first-order valence-corrected chi connectivity index (χ1v) is 10.1. The molecule has 6 heteroatoms. The molecule has 1 amide bonds. The van der Waals surface area contributed by atoms with Crippen molar-refractivity contribution in [3.8, 4) is 0 Å². The van der Waals surface area contributed by atoms with Crippen molar-refractivity contribution < 1.29 is 9.90 Å². The SMILES string of the molecule is CC[C@H](O)c1cc2n(n1)CCCN(C(=O)c1cc3c(s1)CCCC3)C2. The molecule has 134 valence electrons. The molecule has 1 atom stereocenters. The Labute approximate surface area is 152 Å². The molecular weight excluding hydrogens is 334 g/mol. The van der Waals surface area contributed by atoms with Crippen molar-refractivity contribution in [1.29, 1.82) is 0 Å². The summed E-state index contributed by atoms with van der Waals surface area (Å²) in [5.74, 6) is 0.145. The summed E-state index contributed by atoms with van der Waals surface area (Å²) in [7, 11) is 0. The summed E-state index contributed by atoms with van der Waals surface area (Å²) in [5, 5.41) is 14.6. The molecule has 3 heterocycles. The predicted molar refractivity (Wildman–Crippen MR) is 97.8 cm³/mol. The molecule has 1 aliphatic carbocycles. The van der Waals surface area contributed by atoms with Crippen LogP contribution >= 0.6 is 11.3 Å². The third kappa shape index (κ3) is 3.25. The third-order valence-corrected chi connectivity index (χ3v) is 6.48. The number of thiophene rings is 1. The van der Waals surface area contributed by atoms with Gasteiger partial charge < -0.3 is 10.0 Å². The number of rotatable bonds is 3. The van der Waals surface area contributed by atoms with Gasteiger partial charge in [-0.3, -0.25) is 9.48 Å². The summed E-state index contributed by atoms with van der Waals surface area (Å²) in [6.45, 7) is 4.08. The number of aromatic nitrogens is 2. The molecule has 2 aromatic rings. The number of aliphatic hydroxyl groups excluding tert-OH is 1. The molecule has 0 aromatic carbocycles. The molecule has 0 bridgehead atoms. The fourth-order valence-electron chi connectivity index (χ4n) is 3.78. The van der Waals surface area contributed by atoms with Gasteiger partial charge in [0.15, 0.2) is 0 Å². The largest absolute Gasteiger partial charge is 0.387 e. The van der Waals surface area contributed by atoms with Gasteiger partial charge in [0.25, 0.3) is 5.91 Å². The summed E-state index contributed by atoms with van der Waals surface area (Å²) in [6.07, 6.45) is 5.75. The first-order chi connectivity index (χ1) is 12.2. The topological polar surface area (TPSA) is 58.4 Å². The number of aliphatic hydroxyl groups is 1. The van der Waals surface area contributed by atoms with Gasteiger partial charge in [-0.05, 0) is 56.2 Å². The maximum absolute atomic E-state index is 13.0. The zero-order chi connectivity index (χ0) is 17.4. The molecule has 1 aliphatic heterocycles. The lowest BCUT2D eigenvalue weighted by Gasteiger charge is -2.19. The fraction of sp³-hybridized carbons (Fsp3) is 0.579. The highest BCUT2D eigenvalue weighted by Gasteiger charge is 2.25. The van der Waals surface area contributed by atoms with Gasteiger partial charge in [0, 0.05) is 18.0 Å². The van der Waals surface area contributed by atoms with Gasteiger partial charge in [0.05, 0.1) is 28.9 Å². The Balaban J connectivity index is 1.55. The van der Waals surface area contributed by atoms with Gasteiger partial charge in [0.1, 0.15) is 0 Å². The second kappa shape index (κ2) is 6.92. The molecule has 0 fully saturated rings. The van der Waals surface area contributed by atoms with Crippen LogP contribution in [0.25, 0.3) is 0 Å². The Morgan fingerprint density at radius 3 is 2.92 bits per heavy atom. The molecule has 25 heavy (non-hydrogen) atoms. The number of carbonyl (C=O) groups is 1. The standard InChI is InChI=1S/C19H25N3O2S/c1-2-16(23)15-11-14-12-21(8-5-9-22(14)20-15)19(24)18-10-13-6-3-4-7-17(13)25-18/h10-11,16,23H,2-9,12H2,1H3/t16-/m0/s1. The average Bonchev–Trinajstić information content (AvgIpc) is 3.19. The van der Waals surface area contributed by atoms with E-state index in [-0.39, 0.29) is 5.91 Å². The van der Waals surface area contributed by atoms with Crippen LogP contribution in [-0.2, 0) is 25.9 Å². The molecule has 2 aliphatic rings. The Morgan fingerprint density at radius 1 is 1.28 bits per heavy atom. The van der Waals surface area contributed by atoms with E-state index in [4.69, 9.17) is 0 Å². The van der Waals surface area contributed by atoms with E-state index in [0.717, 1.165) is 48.6 Å². The summed E-state index contributed by atoms with van der Waals surface area (Å²) < 4.78 is 1.96. The van der Waals surface area contributed by atoms with Crippen LogP contribution in [0.1, 0.15) is 70.2 Å². The van der Waals surface area contributed by atoms with Crippen LogP contribution in [0.15, 0.2) is 12.1 Å². The number of carbonyl (C=O) groups excluding carboxylic acids is 1. The predicted octanol–water partition coefficient (Wildman–Crippen LogP) is 3.31. The molecule has 0 radical (unpaired) electrons. The maximum Gasteiger partial charge on any atom is 0.264 e. The number of hydrogen-bond donors (Lipinski definition) is 1. The van der Waals surface area contributed by atoms with E-state index in [9.17, 15) is 9.90 Å². The van der Waals surface area contributed by atoms with Crippen LogP contribution < -0.4 is 0 Å². The lowest BCUT2D eigenvalue weighted by atomic mass is 9.99. The van der Waals surface area contributed by atoms with Crippen LogP contribution in [0.5, 0.6) is 0 Å². The smallest absolute Gasteiger partial charge is 0.264 e. The highest BCUT2D eigenvalue weighted by molar-refractivity contribution is 7.14. The maximum atomic E-state index is 13.0. The van der Waals surface area contributed by atoms with Gasteiger partial charge in [0.2, 0.25) is 0 Å². The van der Waals surface area contributed by atoms with Gasteiger partial charge in [-0.25, -0.2) is 0 Å². The Kier molecular flexibility index (Phi) is 4.65. The van der Waals surface area contributed by atoms with E-state index in [0.29, 0.717) is 13.0 Å². The number of aryl methyl sites for hydroxylation is 3. The molecule has 5 nitrogen and oxygen atoms in total. The number of hydrogen-bond acceptors (Lipinski definition) is 4. The van der Waals surface area contributed by atoms with E-state index in [1.165, 1.54) is 23.3 Å². The van der Waals surface area contributed by atoms with Gasteiger partial charge in [-0.1, -0.05) is 6.92 Å². The minimum Gasteiger partial charge on any atom is -0.387 e. The van der Waals surface area contributed by atoms with E-state index in [1.807, 2.05) is 22.6 Å². The molecule has 0 unspecified atom stereocenters. The fourth-order valence-corrected chi connectivity index (χ4v) is 5.00. The van der Waals surface area contributed by atoms with Crippen LogP contribution in [0.3, 0.4) is 0 Å². The normalized spacial score (nSPS) is 18.4. The molecule has 4 rings (SSSR count). The quantitative estimate of drug-likeness (QED) is 0.915. The van der Waals surface area contributed by atoms with Crippen molar-refractivity contribution in [2.75, 3.05) is 6.54 Å². The number of nitrogens with zero attached hydrogens (tertiary/aromatic N) is 3. The molecule has 0 saturated heterocycles.